The molecule has 0 saturated carbocycles. The SMILES string of the molecule is CC(C)c1nn(CC(=O)NCc2ccccc2)c(=O)c2c1cnn2-c1ccc(F)cc1. The number of hydrogen-bond donors (Lipinski definition) is 1. The molecule has 2 heterocycles. The number of nitrogens with one attached hydrogen (secondary N) is 1. The van der Waals surface area contributed by atoms with Gasteiger partial charge in [0.2, 0.25) is 5.91 Å². The average molecular weight is 419 g/mol. The number of rotatable bonds is 6. The van der Waals surface area contributed by atoms with E-state index >= 15 is 0 Å². The number of fused-ring (bicyclic) bond motifs is 1. The van der Waals surface area contributed by atoms with Crippen LogP contribution in [0.1, 0.15) is 31.0 Å². The van der Waals surface area contributed by atoms with Gasteiger partial charge in [-0.05, 0) is 35.7 Å². The fraction of sp³-hybridized carbons (Fsp3) is 0.217. The number of nitrogens with zero attached hydrogens (tertiary/aromatic N) is 4. The Balaban J connectivity index is 1.70. The molecule has 0 aliphatic carbocycles. The molecule has 2 aromatic heterocycles. The van der Waals surface area contributed by atoms with Crippen molar-refractivity contribution in [3.8, 4) is 5.69 Å². The van der Waals surface area contributed by atoms with Crippen LogP contribution in [0.3, 0.4) is 0 Å². The maximum Gasteiger partial charge on any atom is 0.293 e. The molecule has 31 heavy (non-hydrogen) atoms. The number of hydrogen-bond acceptors (Lipinski definition) is 4. The molecule has 8 heteroatoms. The molecule has 1 N–H and O–H groups in total. The van der Waals surface area contributed by atoms with E-state index in [4.69, 9.17) is 0 Å². The third-order valence-corrected chi connectivity index (χ3v) is 4.95. The van der Waals surface area contributed by atoms with Crippen molar-refractivity contribution in [1.82, 2.24) is 24.9 Å². The van der Waals surface area contributed by atoms with Gasteiger partial charge in [0, 0.05) is 11.9 Å². The first-order valence-electron chi connectivity index (χ1n) is 9.99. The molecule has 0 aliphatic rings. The molecule has 158 valence electrons. The first-order chi connectivity index (χ1) is 14.9. The number of carbonyl (C=O) groups excluding carboxylic acids is 1. The van der Waals surface area contributed by atoms with Crippen LogP contribution >= 0.6 is 0 Å². The molecular formula is C23H22FN5O2. The summed E-state index contributed by atoms with van der Waals surface area (Å²) in [5, 5.41) is 12.2. The smallest absolute Gasteiger partial charge is 0.293 e. The van der Waals surface area contributed by atoms with Crippen molar-refractivity contribution in [1.29, 1.82) is 0 Å². The highest BCUT2D eigenvalue weighted by atomic mass is 19.1. The maximum atomic E-state index is 13.3. The molecule has 0 bridgehead atoms. The molecule has 0 radical (unpaired) electrons. The Kier molecular flexibility index (Phi) is 5.62. The van der Waals surface area contributed by atoms with Gasteiger partial charge in [0.05, 0.1) is 17.6 Å². The molecule has 1 amide bonds. The van der Waals surface area contributed by atoms with Crippen molar-refractivity contribution in [2.75, 3.05) is 0 Å². The zero-order valence-corrected chi connectivity index (χ0v) is 17.2. The summed E-state index contributed by atoms with van der Waals surface area (Å²) in [5.41, 5.74) is 2.05. The lowest BCUT2D eigenvalue weighted by molar-refractivity contribution is -0.122. The van der Waals surface area contributed by atoms with Gasteiger partial charge < -0.3 is 5.32 Å². The number of carbonyl (C=O) groups is 1. The van der Waals surface area contributed by atoms with E-state index < -0.39 is 5.56 Å². The number of halogens is 1. The van der Waals surface area contributed by atoms with Crippen molar-refractivity contribution in [2.24, 2.45) is 0 Å². The van der Waals surface area contributed by atoms with Crippen LogP contribution in [-0.2, 0) is 17.9 Å². The third kappa shape index (κ3) is 4.23. The van der Waals surface area contributed by atoms with Gasteiger partial charge in [0.15, 0.2) is 0 Å². The van der Waals surface area contributed by atoms with Gasteiger partial charge >= 0.3 is 0 Å². The quantitative estimate of drug-likeness (QED) is 0.521. The Morgan fingerprint density at radius 1 is 1.10 bits per heavy atom. The van der Waals surface area contributed by atoms with E-state index in [-0.39, 0.29) is 24.2 Å². The van der Waals surface area contributed by atoms with E-state index in [0.717, 1.165) is 5.56 Å². The van der Waals surface area contributed by atoms with Crippen LogP contribution < -0.4 is 10.9 Å². The molecule has 4 rings (SSSR count). The predicted molar refractivity (Wildman–Crippen MR) is 115 cm³/mol. The Labute approximate surface area is 178 Å². The number of benzene rings is 2. The Hall–Kier alpha value is -3.81. The molecule has 0 unspecified atom stereocenters. The summed E-state index contributed by atoms with van der Waals surface area (Å²) in [6, 6.07) is 15.2. The highest BCUT2D eigenvalue weighted by Gasteiger charge is 2.20. The predicted octanol–water partition coefficient (Wildman–Crippen LogP) is 3.16. The van der Waals surface area contributed by atoms with Gasteiger partial charge in [0.1, 0.15) is 17.9 Å². The minimum absolute atomic E-state index is 0.00703. The monoisotopic (exact) mass is 419 g/mol. The summed E-state index contributed by atoms with van der Waals surface area (Å²) in [4.78, 5) is 25.7. The standard InChI is InChI=1S/C23H22FN5O2/c1-15(2)21-19-13-26-29(18-10-8-17(24)9-11-18)22(19)23(31)28(27-21)14-20(30)25-12-16-6-4-3-5-7-16/h3-11,13,15H,12,14H2,1-2H3,(H,25,30). The van der Waals surface area contributed by atoms with Crippen LogP contribution in [0.15, 0.2) is 65.6 Å². The van der Waals surface area contributed by atoms with Crippen molar-refractivity contribution < 1.29 is 9.18 Å². The molecule has 0 aliphatic heterocycles. The minimum atomic E-state index is -0.434. The first kappa shape index (κ1) is 20.5. The average Bonchev–Trinajstić information content (AvgIpc) is 3.21. The molecule has 7 nitrogen and oxygen atoms in total. The zero-order valence-electron chi connectivity index (χ0n) is 17.2. The second-order valence-electron chi connectivity index (χ2n) is 7.56. The van der Waals surface area contributed by atoms with Gasteiger partial charge in [0.25, 0.3) is 5.56 Å². The minimum Gasteiger partial charge on any atom is -0.350 e. The zero-order chi connectivity index (χ0) is 22.0. The summed E-state index contributed by atoms with van der Waals surface area (Å²) >= 11 is 0. The van der Waals surface area contributed by atoms with E-state index in [1.807, 2.05) is 44.2 Å². The van der Waals surface area contributed by atoms with Gasteiger partial charge in [-0.15, -0.1) is 0 Å². The van der Waals surface area contributed by atoms with E-state index in [1.54, 1.807) is 18.3 Å². The van der Waals surface area contributed by atoms with Crippen molar-refractivity contribution >= 4 is 16.8 Å². The largest absolute Gasteiger partial charge is 0.350 e. The fourth-order valence-corrected chi connectivity index (χ4v) is 3.39. The molecule has 2 aromatic carbocycles. The number of aromatic nitrogens is 4. The van der Waals surface area contributed by atoms with E-state index in [9.17, 15) is 14.0 Å². The highest BCUT2D eigenvalue weighted by molar-refractivity contribution is 5.82. The van der Waals surface area contributed by atoms with Crippen molar-refractivity contribution in [3.05, 3.63) is 88.2 Å². The molecular weight excluding hydrogens is 397 g/mol. The van der Waals surface area contributed by atoms with Gasteiger partial charge in [-0.25, -0.2) is 13.8 Å². The molecule has 0 atom stereocenters. The summed E-state index contributed by atoms with van der Waals surface area (Å²) in [6.07, 6.45) is 1.59. The van der Waals surface area contributed by atoms with E-state index in [0.29, 0.717) is 28.8 Å². The molecule has 0 fully saturated rings. The van der Waals surface area contributed by atoms with Crippen LogP contribution in [0.4, 0.5) is 4.39 Å². The van der Waals surface area contributed by atoms with Crippen molar-refractivity contribution in [3.63, 3.8) is 0 Å². The Bertz CT molecular complexity index is 1280. The third-order valence-electron chi connectivity index (χ3n) is 4.95. The lowest BCUT2D eigenvalue weighted by Crippen LogP contribution is -2.34. The topological polar surface area (TPSA) is 81.8 Å². The fourth-order valence-electron chi connectivity index (χ4n) is 3.39. The van der Waals surface area contributed by atoms with Crippen molar-refractivity contribution in [2.45, 2.75) is 32.9 Å². The molecule has 0 spiro atoms. The summed E-state index contributed by atoms with van der Waals surface area (Å²) < 4.78 is 16.0. The normalized spacial score (nSPS) is 11.2. The van der Waals surface area contributed by atoms with Crippen LogP contribution in [-0.4, -0.2) is 25.5 Å². The lowest BCUT2D eigenvalue weighted by Gasteiger charge is -2.12. The lowest BCUT2D eigenvalue weighted by atomic mass is 10.1. The van der Waals surface area contributed by atoms with Crippen LogP contribution in [0.2, 0.25) is 0 Å². The molecule has 4 aromatic rings. The van der Waals surface area contributed by atoms with Crippen LogP contribution in [0.5, 0.6) is 0 Å². The summed E-state index contributed by atoms with van der Waals surface area (Å²) in [5.74, 6) is -0.690. The second kappa shape index (κ2) is 8.51. The first-order valence-corrected chi connectivity index (χ1v) is 9.99. The van der Waals surface area contributed by atoms with Gasteiger partial charge in [-0.1, -0.05) is 44.2 Å². The second-order valence-corrected chi connectivity index (χ2v) is 7.56. The van der Waals surface area contributed by atoms with Crippen LogP contribution in [0, 0.1) is 5.82 Å². The van der Waals surface area contributed by atoms with E-state index in [2.05, 4.69) is 15.5 Å². The molecule has 0 saturated heterocycles. The number of amides is 1. The maximum absolute atomic E-state index is 13.3. The van der Waals surface area contributed by atoms with Gasteiger partial charge in [-0.2, -0.15) is 10.2 Å². The summed E-state index contributed by atoms with van der Waals surface area (Å²) in [6.45, 7) is 4.07. The highest BCUT2D eigenvalue weighted by Crippen LogP contribution is 2.23. The Morgan fingerprint density at radius 2 is 1.81 bits per heavy atom. The van der Waals surface area contributed by atoms with E-state index in [1.165, 1.54) is 21.5 Å². The summed E-state index contributed by atoms with van der Waals surface area (Å²) in [7, 11) is 0. The van der Waals surface area contributed by atoms with Gasteiger partial charge in [-0.3, -0.25) is 9.59 Å². The van der Waals surface area contributed by atoms with Crippen LogP contribution in [0.25, 0.3) is 16.6 Å². The Morgan fingerprint density at radius 3 is 2.48 bits per heavy atom.